The average Bonchev–Trinajstić information content (AvgIpc) is 2.47. The van der Waals surface area contributed by atoms with Crippen LogP contribution in [0.15, 0.2) is 27.2 Å². The Hall–Kier alpha value is -1.36. The Kier molecular flexibility index (Phi) is 8.17. The van der Waals surface area contributed by atoms with E-state index in [1.54, 1.807) is 0 Å². The first kappa shape index (κ1) is 18.7. The second-order valence-electron chi connectivity index (χ2n) is 5.47. The van der Waals surface area contributed by atoms with Crippen molar-refractivity contribution in [2.45, 2.75) is 40.5 Å². The van der Waals surface area contributed by atoms with Crippen LogP contribution in [0.2, 0.25) is 0 Å². The van der Waals surface area contributed by atoms with Gasteiger partial charge in [-0.3, -0.25) is 0 Å². The summed E-state index contributed by atoms with van der Waals surface area (Å²) in [5.74, 6) is 0.637. The lowest BCUT2D eigenvalue weighted by atomic mass is 10.2. The summed E-state index contributed by atoms with van der Waals surface area (Å²) >= 11 is 3.51. The molecule has 0 saturated carbocycles. The molecule has 0 unspecified atom stereocenters. The lowest BCUT2D eigenvalue weighted by Crippen LogP contribution is -2.14. The molecule has 0 aliphatic rings. The van der Waals surface area contributed by atoms with Crippen molar-refractivity contribution < 1.29 is 4.74 Å². The smallest absolute Gasteiger partial charge is 0.228 e. The maximum Gasteiger partial charge on any atom is 0.228 e. The molecule has 122 valence electrons. The summed E-state index contributed by atoms with van der Waals surface area (Å²) in [5, 5.41) is 0. The fraction of sp³-hybridized carbons (Fsp3) is 0.529. The van der Waals surface area contributed by atoms with E-state index in [2.05, 4.69) is 52.8 Å². The van der Waals surface area contributed by atoms with Crippen molar-refractivity contribution in [1.82, 2.24) is 9.88 Å². The zero-order chi connectivity index (χ0) is 16.5. The van der Waals surface area contributed by atoms with E-state index >= 15 is 0 Å². The molecule has 0 radical (unpaired) electrons. The third-order valence-corrected chi connectivity index (χ3v) is 3.71. The van der Waals surface area contributed by atoms with Crippen LogP contribution in [0.3, 0.4) is 0 Å². The SMILES string of the molecule is CCN(C)/C=N/c1cc(Br)c(OCCCC=C(C)C)nc1C. The molecule has 5 heteroatoms. The molecule has 1 rings (SSSR count). The van der Waals surface area contributed by atoms with Crippen molar-refractivity contribution in [1.29, 1.82) is 0 Å². The first-order valence-electron chi connectivity index (χ1n) is 7.61. The maximum atomic E-state index is 5.75. The molecular formula is C17H26BrN3O. The molecule has 22 heavy (non-hydrogen) atoms. The van der Waals surface area contributed by atoms with E-state index in [-0.39, 0.29) is 0 Å². The van der Waals surface area contributed by atoms with Crippen molar-refractivity contribution in [2.75, 3.05) is 20.2 Å². The summed E-state index contributed by atoms with van der Waals surface area (Å²) in [4.78, 5) is 11.0. The zero-order valence-electron chi connectivity index (χ0n) is 14.2. The van der Waals surface area contributed by atoms with Gasteiger partial charge in [0.2, 0.25) is 5.88 Å². The molecule has 1 aromatic heterocycles. The Bertz CT molecular complexity index is 537. The molecule has 0 aromatic carbocycles. The predicted molar refractivity (Wildman–Crippen MR) is 97.3 cm³/mol. The largest absolute Gasteiger partial charge is 0.477 e. The summed E-state index contributed by atoms with van der Waals surface area (Å²) in [5.41, 5.74) is 3.06. The van der Waals surface area contributed by atoms with Crippen LogP contribution in [-0.4, -0.2) is 36.4 Å². The topological polar surface area (TPSA) is 37.7 Å². The average molecular weight is 368 g/mol. The number of hydrogen-bond acceptors (Lipinski definition) is 3. The van der Waals surface area contributed by atoms with E-state index in [4.69, 9.17) is 4.74 Å². The number of pyridine rings is 1. The molecule has 1 aromatic rings. The van der Waals surface area contributed by atoms with Crippen LogP contribution >= 0.6 is 15.9 Å². The Labute approximate surface area is 142 Å². The van der Waals surface area contributed by atoms with Crippen LogP contribution in [0, 0.1) is 6.92 Å². The van der Waals surface area contributed by atoms with E-state index in [1.807, 2.05) is 31.3 Å². The van der Waals surface area contributed by atoms with Gasteiger partial charge in [0.15, 0.2) is 0 Å². The van der Waals surface area contributed by atoms with Gasteiger partial charge < -0.3 is 9.64 Å². The van der Waals surface area contributed by atoms with E-state index in [0.29, 0.717) is 12.5 Å². The normalized spacial score (nSPS) is 10.8. The first-order chi connectivity index (χ1) is 10.4. The monoisotopic (exact) mass is 367 g/mol. The number of rotatable bonds is 8. The summed E-state index contributed by atoms with van der Waals surface area (Å²) < 4.78 is 6.59. The number of allylic oxidation sites excluding steroid dienone is 2. The van der Waals surface area contributed by atoms with Crippen LogP contribution in [0.5, 0.6) is 5.88 Å². The molecule has 4 nitrogen and oxygen atoms in total. The predicted octanol–water partition coefficient (Wildman–Crippen LogP) is 4.89. The minimum absolute atomic E-state index is 0.637. The van der Waals surface area contributed by atoms with Crippen LogP contribution in [0.25, 0.3) is 0 Å². The van der Waals surface area contributed by atoms with E-state index in [9.17, 15) is 0 Å². The van der Waals surface area contributed by atoms with Crippen LogP contribution in [0.4, 0.5) is 5.69 Å². The number of hydrogen-bond donors (Lipinski definition) is 0. The third kappa shape index (κ3) is 6.60. The Morgan fingerprint density at radius 2 is 2.18 bits per heavy atom. The fourth-order valence-electron chi connectivity index (χ4n) is 1.67. The highest BCUT2D eigenvalue weighted by Gasteiger charge is 2.08. The zero-order valence-corrected chi connectivity index (χ0v) is 15.8. The molecule has 0 aliphatic carbocycles. The van der Waals surface area contributed by atoms with Gasteiger partial charge in [0.05, 0.1) is 28.8 Å². The molecule has 0 saturated heterocycles. The molecule has 0 spiro atoms. The minimum Gasteiger partial charge on any atom is -0.477 e. The Balaban J connectivity index is 2.65. The van der Waals surface area contributed by atoms with Gasteiger partial charge in [-0.05, 0) is 62.5 Å². The molecule has 1 heterocycles. The van der Waals surface area contributed by atoms with Gasteiger partial charge in [-0.25, -0.2) is 9.98 Å². The van der Waals surface area contributed by atoms with Crippen molar-refractivity contribution in [3.8, 4) is 5.88 Å². The number of aliphatic imine (C=N–C) groups is 1. The quantitative estimate of drug-likeness (QED) is 0.284. The van der Waals surface area contributed by atoms with Gasteiger partial charge in [-0.2, -0.15) is 0 Å². The molecule has 0 amide bonds. The second kappa shape index (κ2) is 9.62. The number of aryl methyl sites for hydroxylation is 1. The maximum absolute atomic E-state index is 5.75. The first-order valence-corrected chi connectivity index (χ1v) is 8.41. The number of unbranched alkanes of at least 4 members (excludes halogenated alkanes) is 1. The van der Waals surface area contributed by atoms with E-state index < -0.39 is 0 Å². The highest BCUT2D eigenvalue weighted by Crippen LogP contribution is 2.29. The van der Waals surface area contributed by atoms with E-state index in [0.717, 1.165) is 35.2 Å². The van der Waals surface area contributed by atoms with Gasteiger partial charge in [0, 0.05) is 13.6 Å². The molecule has 0 fully saturated rings. The Morgan fingerprint density at radius 1 is 1.45 bits per heavy atom. The molecule has 0 N–H and O–H groups in total. The highest BCUT2D eigenvalue weighted by molar-refractivity contribution is 9.10. The fourth-order valence-corrected chi connectivity index (χ4v) is 2.09. The van der Waals surface area contributed by atoms with Crippen LogP contribution < -0.4 is 4.74 Å². The van der Waals surface area contributed by atoms with Crippen molar-refractivity contribution in [2.24, 2.45) is 4.99 Å². The van der Waals surface area contributed by atoms with Crippen molar-refractivity contribution in [3.05, 3.63) is 27.9 Å². The number of nitrogens with zero attached hydrogens (tertiary/aromatic N) is 3. The lowest BCUT2D eigenvalue weighted by molar-refractivity contribution is 0.297. The minimum atomic E-state index is 0.637. The number of halogens is 1. The highest BCUT2D eigenvalue weighted by atomic mass is 79.9. The number of ether oxygens (including phenoxy) is 1. The van der Waals surface area contributed by atoms with Crippen molar-refractivity contribution in [3.63, 3.8) is 0 Å². The molecule has 0 bridgehead atoms. The van der Waals surface area contributed by atoms with E-state index in [1.165, 1.54) is 5.57 Å². The van der Waals surface area contributed by atoms with Gasteiger partial charge in [-0.15, -0.1) is 0 Å². The summed E-state index contributed by atoms with van der Waals surface area (Å²) in [6.45, 7) is 9.83. The second-order valence-corrected chi connectivity index (χ2v) is 6.32. The molecule has 0 aliphatic heterocycles. The van der Waals surface area contributed by atoms with Crippen molar-refractivity contribution >= 4 is 28.0 Å². The molecule has 0 atom stereocenters. The number of aromatic nitrogens is 1. The van der Waals surface area contributed by atoms with Gasteiger partial charge in [0.1, 0.15) is 0 Å². The van der Waals surface area contributed by atoms with Gasteiger partial charge in [-0.1, -0.05) is 11.6 Å². The lowest BCUT2D eigenvalue weighted by Gasteiger charge is -2.11. The van der Waals surface area contributed by atoms with Crippen LogP contribution in [-0.2, 0) is 0 Å². The van der Waals surface area contributed by atoms with Gasteiger partial charge >= 0.3 is 0 Å². The molecular weight excluding hydrogens is 342 g/mol. The standard InChI is InChI=1S/C17H26BrN3O/c1-6-21(5)12-19-16-11-15(18)17(20-14(16)4)22-10-8-7-9-13(2)3/h9,11-12H,6-8,10H2,1-5H3/b19-12+. The summed E-state index contributed by atoms with van der Waals surface area (Å²) in [7, 11) is 1.99. The van der Waals surface area contributed by atoms with Crippen LogP contribution in [0.1, 0.15) is 39.3 Å². The summed E-state index contributed by atoms with van der Waals surface area (Å²) in [6, 6.07) is 1.95. The third-order valence-electron chi connectivity index (χ3n) is 3.14. The van der Waals surface area contributed by atoms with Gasteiger partial charge in [0.25, 0.3) is 0 Å². The Morgan fingerprint density at radius 3 is 2.82 bits per heavy atom. The summed E-state index contributed by atoms with van der Waals surface area (Å²) in [6.07, 6.45) is 6.06.